The Bertz CT molecular complexity index is 317. The molecule has 1 aliphatic heterocycles. The van der Waals surface area contributed by atoms with Gasteiger partial charge in [-0.25, -0.2) is 0 Å². The lowest BCUT2D eigenvalue weighted by Gasteiger charge is -2.23. The van der Waals surface area contributed by atoms with Crippen molar-refractivity contribution in [2.24, 2.45) is 0 Å². The minimum atomic E-state index is 0.376. The molecular formula is C14H21NO2. The lowest BCUT2D eigenvalue weighted by molar-refractivity contribution is 0.162. The quantitative estimate of drug-likeness (QED) is 0.847. The predicted molar refractivity (Wildman–Crippen MR) is 68.5 cm³/mol. The average Bonchev–Trinajstić information content (AvgIpc) is 2.39. The van der Waals surface area contributed by atoms with Crippen molar-refractivity contribution in [3.63, 3.8) is 0 Å². The highest BCUT2D eigenvalue weighted by molar-refractivity contribution is 5.27. The molecule has 1 aromatic carbocycles. The number of hydrogen-bond donors (Lipinski definition) is 1. The largest absolute Gasteiger partial charge is 0.490 e. The summed E-state index contributed by atoms with van der Waals surface area (Å²) < 4.78 is 11.0. The molecule has 1 saturated heterocycles. The number of rotatable bonds is 5. The van der Waals surface area contributed by atoms with Gasteiger partial charge in [0.25, 0.3) is 0 Å². The fourth-order valence-corrected chi connectivity index (χ4v) is 2.06. The maximum Gasteiger partial charge on any atom is 0.119 e. The second-order valence-corrected chi connectivity index (χ2v) is 4.45. The molecule has 1 N–H and O–H groups in total. The fraction of sp³-hybridized carbons (Fsp3) is 0.571. The summed E-state index contributed by atoms with van der Waals surface area (Å²) in [5.41, 5.74) is 1.30. The fourth-order valence-electron chi connectivity index (χ4n) is 2.06. The molecule has 0 spiro atoms. The maximum absolute atomic E-state index is 5.94. The summed E-state index contributed by atoms with van der Waals surface area (Å²) in [7, 11) is 1.73. The van der Waals surface area contributed by atoms with E-state index >= 15 is 0 Å². The van der Waals surface area contributed by atoms with Gasteiger partial charge in [0.2, 0.25) is 0 Å². The number of piperidine rings is 1. The molecule has 1 aliphatic rings. The van der Waals surface area contributed by atoms with Gasteiger partial charge in [-0.1, -0.05) is 12.1 Å². The zero-order chi connectivity index (χ0) is 11.9. The molecule has 1 aromatic rings. The van der Waals surface area contributed by atoms with Gasteiger partial charge < -0.3 is 14.8 Å². The van der Waals surface area contributed by atoms with Gasteiger partial charge in [0.05, 0.1) is 6.61 Å². The highest BCUT2D eigenvalue weighted by Crippen LogP contribution is 2.17. The van der Waals surface area contributed by atoms with Gasteiger partial charge in [-0.05, 0) is 50.0 Å². The molecule has 3 heteroatoms. The van der Waals surface area contributed by atoms with Gasteiger partial charge in [0.1, 0.15) is 11.9 Å². The van der Waals surface area contributed by atoms with Crippen molar-refractivity contribution in [3.8, 4) is 5.75 Å². The van der Waals surface area contributed by atoms with Crippen molar-refractivity contribution in [2.45, 2.75) is 25.4 Å². The Hall–Kier alpha value is -1.06. The van der Waals surface area contributed by atoms with E-state index in [9.17, 15) is 0 Å². The molecule has 0 amide bonds. The van der Waals surface area contributed by atoms with Crippen LogP contribution in [-0.2, 0) is 11.2 Å². The molecule has 0 aromatic heterocycles. The second-order valence-electron chi connectivity index (χ2n) is 4.45. The number of hydrogen-bond acceptors (Lipinski definition) is 3. The minimum absolute atomic E-state index is 0.376. The molecule has 94 valence electrons. The third-order valence-electron chi connectivity index (χ3n) is 3.11. The van der Waals surface area contributed by atoms with Crippen LogP contribution < -0.4 is 10.1 Å². The lowest BCUT2D eigenvalue weighted by atomic mass is 10.1. The smallest absolute Gasteiger partial charge is 0.119 e. The van der Waals surface area contributed by atoms with E-state index in [4.69, 9.17) is 9.47 Å². The predicted octanol–water partition coefficient (Wildman–Crippen LogP) is 2.01. The summed E-state index contributed by atoms with van der Waals surface area (Å²) in [4.78, 5) is 0. The second kappa shape index (κ2) is 6.62. The maximum atomic E-state index is 5.94. The van der Waals surface area contributed by atoms with Gasteiger partial charge in [0.15, 0.2) is 0 Å². The number of benzene rings is 1. The van der Waals surface area contributed by atoms with Crippen molar-refractivity contribution in [3.05, 3.63) is 29.8 Å². The van der Waals surface area contributed by atoms with Crippen LogP contribution in [-0.4, -0.2) is 32.9 Å². The van der Waals surface area contributed by atoms with Crippen molar-refractivity contribution in [2.75, 3.05) is 26.8 Å². The van der Waals surface area contributed by atoms with Crippen LogP contribution in [0.2, 0.25) is 0 Å². The molecule has 0 aliphatic carbocycles. The molecule has 3 nitrogen and oxygen atoms in total. The Morgan fingerprint density at radius 3 is 2.53 bits per heavy atom. The Morgan fingerprint density at radius 1 is 1.18 bits per heavy atom. The number of nitrogens with one attached hydrogen (secondary N) is 1. The van der Waals surface area contributed by atoms with E-state index in [1.54, 1.807) is 7.11 Å². The molecule has 1 fully saturated rings. The molecule has 0 atom stereocenters. The minimum Gasteiger partial charge on any atom is -0.490 e. The van der Waals surface area contributed by atoms with Gasteiger partial charge in [0, 0.05) is 7.11 Å². The van der Waals surface area contributed by atoms with Crippen molar-refractivity contribution in [1.29, 1.82) is 0 Å². The van der Waals surface area contributed by atoms with Crippen LogP contribution in [0.1, 0.15) is 18.4 Å². The Morgan fingerprint density at radius 2 is 1.88 bits per heavy atom. The van der Waals surface area contributed by atoms with E-state index in [2.05, 4.69) is 29.6 Å². The monoisotopic (exact) mass is 235 g/mol. The van der Waals surface area contributed by atoms with Crippen LogP contribution in [0.4, 0.5) is 0 Å². The van der Waals surface area contributed by atoms with Crippen LogP contribution in [0.25, 0.3) is 0 Å². The average molecular weight is 235 g/mol. The van der Waals surface area contributed by atoms with Crippen LogP contribution in [0.15, 0.2) is 24.3 Å². The summed E-state index contributed by atoms with van der Waals surface area (Å²) in [6, 6.07) is 8.37. The first-order chi connectivity index (χ1) is 8.38. The van der Waals surface area contributed by atoms with E-state index < -0.39 is 0 Å². The Labute approximate surface area is 103 Å². The Balaban J connectivity index is 1.84. The molecule has 17 heavy (non-hydrogen) atoms. The first-order valence-electron chi connectivity index (χ1n) is 6.34. The van der Waals surface area contributed by atoms with E-state index in [0.717, 1.165) is 44.7 Å². The summed E-state index contributed by atoms with van der Waals surface area (Å²) >= 11 is 0. The molecule has 0 radical (unpaired) electrons. The van der Waals surface area contributed by atoms with Crippen LogP contribution in [0.3, 0.4) is 0 Å². The van der Waals surface area contributed by atoms with E-state index in [-0.39, 0.29) is 0 Å². The lowest BCUT2D eigenvalue weighted by Crippen LogP contribution is -2.34. The molecule has 0 saturated carbocycles. The van der Waals surface area contributed by atoms with Gasteiger partial charge in [-0.2, -0.15) is 0 Å². The van der Waals surface area contributed by atoms with E-state index in [0.29, 0.717) is 6.10 Å². The molecule has 0 unspecified atom stereocenters. The molecule has 1 heterocycles. The van der Waals surface area contributed by atoms with E-state index in [1.807, 2.05) is 0 Å². The topological polar surface area (TPSA) is 30.5 Å². The third kappa shape index (κ3) is 4.02. The van der Waals surface area contributed by atoms with Crippen LogP contribution >= 0.6 is 0 Å². The summed E-state index contributed by atoms with van der Waals surface area (Å²) in [6.45, 7) is 2.90. The standard InChI is InChI=1S/C14H21NO2/c1-16-11-8-12-2-4-13(5-3-12)17-14-6-9-15-10-7-14/h2-5,14-15H,6-11H2,1H3. The zero-order valence-corrected chi connectivity index (χ0v) is 10.4. The first-order valence-corrected chi connectivity index (χ1v) is 6.34. The number of methoxy groups -OCH3 is 1. The van der Waals surface area contributed by atoms with Gasteiger partial charge in [-0.15, -0.1) is 0 Å². The molecule has 0 bridgehead atoms. The zero-order valence-electron chi connectivity index (χ0n) is 10.4. The first kappa shape index (κ1) is 12.4. The normalized spacial score (nSPS) is 17.0. The van der Waals surface area contributed by atoms with Crippen LogP contribution in [0, 0.1) is 0 Å². The van der Waals surface area contributed by atoms with Crippen molar-refractivity contribution >= 4 is 0 Å². The SMILES string of the molecule is COCCc1ccc(OC2CCNCC2)cc1. The van der Waals surface area contributed by atoms with Gasteiger partial charge >= 0.3 is 0 Å². The summed E-state index contributed by atoms with van der Waals surface area (Å²) in [6.07, 6.45) is 3.54. The summed E-state index contributed by atoms with van der Waals surface area (Å²) in [5, 5.41) is 3.34. The molecule has 2 rings (SSSR count). The highest BCUT2D eigenvalue weighted by atomic mass is 16.5. The highest BCUT2D eigenvalue weighted by Gasteiger charge is 2.13. The molecular weight excluding hydrogens is 214 g/mol. The summed E-state index contributed by atoms with van der Waals surface area (Å²) in [5.74, 6) is 0.984. The van der Waals surface area contributed by atoms with E-state index in [1.165, 1.54) is 5.56 Å². The van der Waals surface area contributed by atoms with Crippen molar-refractivity contribution in [1.82, 2.24) is 5.32 Å². The van der Waals surface area contributed by atoms with Gasteiger partial charge in [-0.3, -0.25) is 0 Å². The van der Waals surface area contributed by atoms with Crippen LogP contribution in [0.5, 0.6) is 5.75 Å². The Kier molecular flexibility index (Phi) is 4.83. The third-order valence-corrected chi connectivity index (χ3v) is 3.11. The van der Waals surface area contributed by atoms with Crippen molar-refractivity contribution < 1.29 is 9.47 Å². The number of ether oxygens (including phenoxy) is 2.